The van der Waals surface area contributed by atoms with Crippen LogP contribution >= 0.6 is 0 Å². The zero-order valence-corrected chi connectivity index (χ0v) is 11.7. The summed E-state index contributed by atoms with van der Waals surface area (Å²) in [5.41, 5.74) is 7.09. The summed E-state index contributed by atoms with van der Waals surface area (Å²) in [7, 11) is 0. The van der Waals surface area contributed by atoms with Crippen LogP contribution in [0.15, 0.2) is 30.3 Å². The van der Waals surface area contributed by atoms with E-state index in [0.29, 0.717) is 0 Å². The Kier molecular flexibility index (Phi) is 2.36. The Morgan fingerprint density at radius 2 is 1.95 bits per heavy atom. The summed E-state index contributed by atoms with van der Waals surface area (Å²) >= 11 is 0. The first-order valence-corrected chi connectivity index (χ1v) is 6.94. The smallest absolute Gasteiger partial charge is 0.138 e. The van der Waals surface area contributed by atoms with Crippen molar-refractivity contribution in [3.63, 3.8) is 0 Å². The number of imidazole rings is 1. The second-order valence-corrected chi connectivity index (χ2v) is 5.46. The molecule has 0 fully saturated rings. The van der Waals surface area contributed by atoms with Crippen LogP contribution in [0.1, 0.15) is 16.7 Å². The molecule has 20 heavy (non-hydrogen) atoms. The lowest BCUT2D eigenvalue weighted by Crippen LogP contribution is -1.85. The number of ether oxygens (including phenoxy) is 1. The van der Waals surface area contributed by atoms with Gasteiger partial charge in [0, 0.05) is 12.0 Å². The molecular weight excluding hydrogens is 248 g/mol. The summed E-state index contributed by atoms with van der Waals surface area (Å²) in [6.45, 7) is 5.04. The molecule has 3 heteroatoms. The van der Waals surface area contributed by atoms with Crippen LogP contribution in [-0.4, -0.2) is 16.6 Å². The Balaban J connectivity index is 1.86. The van der Waals surface area contributed by atoms with E-state index in [1.54, 1.807) is 0 Å². The highest BCUT2D eigenvalue weighted by atomic mass is 16.5. The van der Waals surface area contributed by atoms with Gasteiger partial charge in [-0.1, -0.05) is 0 Å². The minimum absolute atomic E-state index is 0.789. The molecule has 1 N–H and O–H groups in total. The highest BCUT2D eigenvalue weighted by Crippen LogP contribution is 2.30. The average molecular weight is 264 g/mol. The van der Waals surface area contributed by atoms with Crippen LogP contribution in [0.5, 0.6) is 5.75 Å². The Morgan fingerprint density at radius 3 is 2.85 bits per heavy atom. The van der Waals surface area contributed by atoms with E-state index in [1.165, 1.54) is 16.7 Å². The molecule has 0 spiro atoms. The largest absolute Gasteiger partial charge is 0.493 e. The summed E-state index contributed by atoms with van der Waals surface area (Å²) < 4.78 is 5.55. The Labute approximate surface area is 117 Å². The molecule has 4 rings (SSSR count). The Bertz CT molecular complexity index is 778. The number of aryl methyl sites for hydroxylation is 2. The molecule has 0 aliphatic carbocycles. The number of fused-ring (bicyclic) bond motifs is 2. The van der Waals surface area contributed by atoms with E-state index < -0.39 is 0 Å². The molecule has 2 aromatic carbocycles. The lowest BCUT2D eigenvalue weighted by molar-refractivity contribution is 0.357. The Morgan fingerprint density at radius 1 is 1.10 bits per heavy atom. The molecule has 0 saturated heterocycles. The van der Waals surface area contributed by atoms with Crippen LogP contribution in [0.4, 0.5) is 0 Å². The first-order chi connectivity index (χ1) is 9.70. The third-order valence-electron chi connectivity index (χ3n) is 4.06. The molecule has 0 amide bonds. The van der Waals surface area contributed by atoms with Crippen molar-refractivity contribution in [1.82, 2.24) is 9.97 Å². The number of nitrogens with one attached hydrogen (secondary N) is 1. The highest BCUT2D eigenvalue weighted by molar-refractivity contribution is 5.81. The summed E-state index contributed by atoms with van der Waals surface area (Å²) in [6.07, 6.45) is 0.988. The quantitative estimate of drug-likeness (QED) is 0.726. The van der Waals surface area contributed by atoms with Crippen molar-refractivity contribution in [2.24, 2.45) is 0 Å². The van der Waals surface area contributed by atoms with Crippen LogP contribution in [0.25, 0.3) is 22.4 Å². The monoisotopic (exact) mass is 264 g/mol. The lowest BCUT2D eigenvalue weighted by atomic mass is 10.1. The van der Waals surface area contributed by atoms with E-state index in [2.05, 4.69) is 43.1 Å². The van der Waals surface area contributed by atoms with E-state index in [-0.39, 0.29) is 0 Å². The standard InChI is InChI=1S/C17H16N2O/c1-10-7-14-15(8-11(10)2)19-17(18-14)13-3-4-16-12(9-13)5-6-20-16/h3-4,7-9H,5-6H2,1-2H3,(H,18,19). The van der Waals surface area contributed by atoms with Crippen LogP contribution in [0.2, 0.25) is 0 Å². The fourth-order valence-electron chi connectivity index (χ4n) is 2.74. The van der Waals surface area contributed by atoms with E-state index >= 15 is 0 Å². The van der Waals surface area contributed by atoms with Crippen molar-refractivity contribution >= 4 is 11.0 Å². The minimum Gasteiger partial charge on any atom is -0.493 e. The molecule has 100 valence electrons. The van der Waals surface area contributed by atoms with Crippen molar-refractivity contribution in [2.75, 3.05) is 6.61 Å². The van der Waals surface area contributed by atoms with Crippen LogP contribution in [-0.2, 0) is 6.42 Å². The molecule has 0 unspecified atom stereocenters. The van der Waals surface area contributed by atoms with Crippen molar-refractivity contribution in [3.8, 4) is 17.1 Å². The molecule has 0 saturated carbocycles. The first kappa shape index (κ1) is 11.5. The van der Waals surface area contributed by atoms with Gasteiger partial charge < -0.3 is 9.72 Å². The number of aromatic nitrogens is 2. The number of aromatic amines is 1. The van der Waals surface area contributed by atoms with Gasteiger partial charge >= 0.3 is 0 Å². The number of rotatable bonds is 1. The molecule has 0 radical (unpaired) electrons. The fourth-order valence-corrected chi connectivity index (χ4v) is 2.74. The molecular formula is C17H16N2O. The van der Waals surface area contributed by atoms with Crippen LogP contribution in [0.3, 0.4) is 0 Å². The molecule has 3 aromatic rings. The maximum absolute atomic E-state index is 5.55. The van der Waals surface area contributed by atoms with Gasteiger partial charge in [0.25, 0.3) is 0 Å². The van der Waals surface area contributed by atoms with Crippen molar-refractivity contribution < 1.29 is 4.74 Å². The van der Waals surface area contributed by atoms with Gasteiger partial charge in [0.15, 0.2) is 0 Å². The number of benzene rings is 2. The Hall–Kier alpha value is -2.29. The summed E-state index contributed by atoms with van der Waals surface area (Å²) in [4.78, 5) is 8.13. The molecule has 1 aliphatic rings. The van der Waals surface area contributed by atoms with Gasteiger partial charge in [-0.3, -0.25) is 0 Å². The molecule has 2 heterocycles. The normalized spacial score (nSPS) is 13.5. The van der Waals surface area contributed by atoms with Crippen LogP contribution < -0.4 is 4.74 Å². The number of H-pyrrole nitrogens is 1. The number of hydrogen-bond acceptors (Lipinski definition) is 2. The van der Waals surface area contributed by atoms with Gasteiger partial charge in [-0.05, 0) is 60.9 Å². The zero-order valence-electron chi connectivity index (χ0n) is 11.7. The third-order valence-corrected chi connectivity index (χ3v) is 4.06. The SMILES string of the molecule is Cc1cc2nc(-c3ccc4c(c3)CCO4)[nH]c2cc1C. The van der Waals surface area contributed by atoms with Gasteiger partial charge in [-0.15, -0.1) is 0 Å². The highest BCUT2D eigenvalue weighted by Gasteiger charge is 2.14. The first-order valence-electron chi connectivity index (χ1n) is 6.94. The summed E-state index contributed by atoms with van der Waals surface area (Å²) in [5.74, 6) is 1.94. The lowest BCUT2D eigenvalue weighted by Gasteiger charge is -2.01. The third kappa shape index (κ3) is 1.70. The predicted octanol–water partition coefficient (Wildman–Crippen LogP) is 3.78. The second-order valence-electron chi connectivity index (χ2n) is 5.46. The molecule has 0 bridgehead atoms. The van der Waals surface area contributed by atoms with Gasteiger partial charge in [0.05, 0.1) is 17.6 Å². The van der Waals surface area contributed by atoms with E-state index in [4.69, 9.17) is 9.72 Å². The number of nitrogens with zero attached hydrogens (tertiary/aromatic N) is 1. The van der Waals surface area contributed by atoms with Gasteiger partial charge in [-0.2, -0.15) is 0 Å². The van der Waals surface area contributed by atoms with Gasteiger partial charge in [0.2, 0.25) is 0 Å². The maximum Gasteiger partial charge on any atom is 0.138 e. The van der Waals surface area contributed by atoms with E-state index in [0.717, 1.165) is 41.2 Å². The summed E-state index contributed by atoms with van der Waals surface area (Å²) in [6, 6.07) is 10.6. The predicted molar refractivity (Wildman–Crippen MR) is 80.2 cm³/mol. The number of hydrogen-bond donors (Lipinski definition) is 1. The van der Waals surface area contributed by atoms with Crippen molar-refractivity contribution in [1.29, 1.82) is 0 Å². The van der Waals surface area contributed by atoms with Crippen LogP contribution in [0, 0.1) is 13.8 Å². The zero-order chi connectivity index (χ0) is 13.7. The molecule has 0 atom stereocenters. The molecule has 3 nitrogen and oxygen atoms in total. The molecule has 1 aliphatic heterocycles. The van der Waals surface area contributed by atoms with Crippen molar-refractivity contribution in [3.05, 3.63) is 47.0 Å². The second kappa shape index (κ2) is 4.10. The van der Waals surface area contributed by atoms with E-state index in [1.807, 2.05) is 6.07 Å². The summed E-state index contributed by atoms with van der Waals surface area (Å²) in [5, 5.41) is 0. The molecule has 1 aromatic heterocycles. The maximum atomic E-state index is 5.55. The van der Waals surface area contributed by atoms with Crippen molar-refractivity contribution in [2.45, 2.75) is 20.3 Å². The minimum atomic E-state index is 0.789. The van der Waals surface area contributed by atoms with Gasteiger partial charge in [-0.25, -0.2) is 4.98 Å². The van der Waals surface area contributed by atoms with Gasteiger partial charge in [0.1, 0.15) is 11.6 Å². The fraction of sp³-hybridized carbons (Fsp3) is 0.235. The average Bonchev–Trinajstić information content (AvgIpc) is 3.04. The van der Waals surface area contributed by atoms with E-state index in [9.17, 15) is 0 Å². The topological polar surface area (TPSA) is 37.9 Å².